The highest BCUT2D eigenvalue weighted by molar-refractivity contribution is 6.36. The molecule has 1 aliphatic rings. The number of hydrogen-bond donors (Lipinski definition) is 0. The van der Waals surface area contributed by atoms with E-state index in [2.05, 4.69) is 36.3 Å². The average Bonchev–Trinajstić information content (AvgIpc) is 3.08. The third kappa shape index (κ3) is 3.85. The number of imidazole rings is 1. The molecule has 0 saturated carbocycles. The highest BCUT2D eigenvalue weighted by Crippen LogP contribution is 2.42. The van der Waals surface area contributed by atoms with Gasteiger partial charge in [0.2, 0.25) is 5.95 Å². The lowest BCUT2D eigenvalue weighted by Gasteiger charge is -2.30. The number of anilines is 2. The SMILES string of the molecule is CCC(C[C](C)C)c1ccc(Cl)c2nc3n(c12)CCCN3c1ccc(Cl)cc1Cl. The molecule has 1 radical (unpaired) electrons. The van der Waals surface area contributed by atoms with Gasteiger partial charge in [-0.3, -0.25) is 0 Å². The van der Waals surface area contributed by atoms with Crippen molar-refractivity contribution in [2.75, 3.05) is 11.4 Å². The van der Waals surface area contributed by atoms with Gasteiger partial charge in [0.15, 0.2) is 0 Å². The average molecular weight is 450 g/mol. The van der Waals surface area contributed by atoms with E-state index in [0.717, 1.165) is 55.0 Å². The zero-order valence-corrected chi connectivity index (χ0v) is 19.2. The lowest BCUT2D eigenvalue weighted by atomic mass is 9.87. The van der Waals surface area contributed by atoms with Crippen molar-refractivity contribution in [2.24, 2.45) is 0 Å². The lowest BCUT2D eigenvalue weighted by Crippen LogP contribution is -2.28. The number of hydrogen-bond acceptors (Lipinski definition) is 2. The summed E-state index contributed by atoms with van der Waals surface area (Å²) in [5.41, 5.74) is 4.30. The molecule has 0 fully saturated rings. The van der Waals surface area contributed by atoms with Crippen LogP contribution in [0.25, 0.3) is 11.0 Å². The quantitative estimate of drug-likeness (QED) is 0.393. The van der Waals surface area contributed by atoms with Crippen LogP contribution in [0.15, 0.2) is 30.3 Å². The van der Waals surface area contributed by atoms with E-state index in [1.165, 1.54) is 11.5 Å². The number of fused-ring (bicyclic) bond motifs is 3. The molecule has 1 aliphatic heterocycles. The van der Waals surface area contributed by atoms with Gasteiger partial charge in [0.05, 0.1) is 21.2 Å². The smallest absolute Gasteiger partial charge is 0.211 e. The van der Waals surface area contributed by atoms with Crippen LogP contribution in [0.5, 0.6) is 0 Å². The van der Waals surface area contributed by atoms with Gasteiger partial charge in [-0.25, -0.2) is 4.98 Å². The molecule has 1 unspecified atom stereocenters. The summed E-state index contributed by atoms with van der Waals surface area (Å²) < 4.78 is 2.32. The van der Waals surface area contributed by atoms with Gasteiger partial charge < -0.3 is 9.47 Å². The fourth-order valence-corrected chi connectivity index (χ4v) is 5.06. The van der Waals surface area contributed by atoms with Crippen LogP contribution in [-0.4, -0.2) is 16.1 Å². The number of aryl methyl sites for hydroxylation is 1. The van der Waals surface area contributed by atoms with E-state index in [1.54, 1.807) is 6.07 Å². The molecule has 0 amide bonds. The van der Waals surface area contributed by atoms with Crippen molar-refractivity contribution in [3.8, 4) is 0 Å². The van der Waals surface area contributed by atoms with E-state index in [-0.39, 0.29) is 0 Å². The Morgan fingerprint density at radius 2 is 1.86 bits per heavy atom. The summed E-state index contributed by atoms with van der Waals surface area (Å²) in [4.78, 5) is 7.17. The summed E-state index contributed by atoms with van der Waals surface area (Å²) in [6, 6.07) is 9.80. The van der Waals surface area contributed by atoms with Crippen molar-refractivity contribution in [2.45, 2.75) is 52.5 Å². The minimum atomic E-state index is 0.454. The van der Waals surface area contributed by atoms with E-state index in [0.29, 0.717) is 21.0 Å². The summed E-state index contributed by atoms with van der Waals surface area (Å²) >= 11 is 19.2. The van der Waals surface area contributed by atoms with Crippen molar-refractivity contribution in [3.05, 3.63) is 56.9 Å². The molecule has 1 atom stereocenters. The Balaban J connectivity index is 1.90. The van der Waals surface area contributed by atoms with Gasteiger partial charge >= 0.3 is 0 Å². The molecule has 6 heteroatoms. The zero-order chi connectivity index (χ0) is 20.7. The Hall–Kier alpha value is -1.42. The van der Waals surface area contributed by atoms with Gasteiger partial charge in [-0.15, -0.1) is 0 Å². The van der Waals surface area contributed by atoms with E-state index in [1.807, 2.05) is 18.2 Å². The fourth-order valence-electron chi connectivity index (χ4n) is 4.35. The van der Waals surface area contributed by atoms with Crippen LogP contribution in [0.1, 0.15) is 51.5 Å². The molecular weight excluding hydrogens is 425 g/mol. The number of benzene rings is 2. The molecular formula is C23H25Cl3N3. The van der Waals surface area contributed by atoms with E-state index in [4.69, 9.17) is 39.8 Å². The molecule has 2 aromatic carbocycles. The van der Waals surface area contributed by atoms with Gasteiger partial charge in [-0.05, 0) is 60.9 Å². The second kappa shape index (κ2) is 8.37. The van der Waals surface area contributed by atoms with Crippen molar-refractivity contribution < 1.29 is 0 Å². The first-order valence-electron chi connectivity index (χ1n) is 10.1. The normalized spacial score (nSPS) is 15.2. The largest absolute Gasteiger partial charge is 0.310 e. The summed E-state index contributed by atoms with van der Waals surface area (Å²) in [6.45, 7) is 8.43. The first-order chi connectivity index (χ1) is 13.9. The monoisotopic (exact) mass is 448 g/mol. The van der Waals surface area contributed by atoms with Crippen molar-refractivity contribution in [1.82, 2.24) is 9.55 Å². The van der Waals surface area contributed by atoms with Crippen molar-refractivity contribution in [1.29, 1.82) is 0 Å². The summed E-state index contributed by atoms with van der Waals surface area (Å²) in [5, 5.41) is 1.96. The molecule has 0 bridgehead atoms. The Morgan fingerprint density at radius 3 is 2.55 bits per heavy atom. The van der Waals surface area contributed by atoms with Gasteiger partial charge in [0.1, 0.15) is 5.52 Å². The molecule has 0 saturated heterocycles. The fraction of sp³-hybridized carbons (Fsp3) is 0.391. The first-order valence-corrected chi connectivity index (χ1v) is 11.2. The summed E-state index contributed by atoms with van der Waals surface area (Å²) in [5.74, 6) is 2.79. The maximum atomic E-state index is 6.60. The molecule has 2 heterocycles. The number of halogens is 3. The Labute approximate surface area is 187 Å². The van der Waals surface area contributed by atoms with E-state index in [9.17, 15) is 0 Å². The van der Waals surface area contributed by atoms with Crippen molar-refractivity contribution in [3.63, 3.8) is 0 Å². The highest BCUT2D eigenvalue weighted by Gasteiger charge is 2.28. The zero-order valence-electron chi connectivity index (χ0n) is 17.0. The maximum absolute atomic E-state index is 6.60. The van der Waals surface area contributed by atoms with Crippen LogP contribution >= 0.6 is 34.8 Å². The second-order valence-corrected chi connectivity index (χ2v) is 9.27. The second-order valence-electron chi connectivity index (χ2n) is 8.01. The molecule has 3 aromatic rings. The first kappa shape index (κ1) is 20.8. The molecule has 0 aliphatic carbocycles. The predicted octanol–water partition coefficient (Wildman–Crippen LogP) is 8.04. The third-order valence-corrected chi connectivity index (χ3v) is 6.49. The topological polar surface area (TPSA) is 21.1 Å². The molecule has 4 rings (SSSR count). The van der Waals surface area contributed by atoms with Crippen LogP contribution in [0.4, 0.5) is 11.6 Å². The van der Waals surface area contributed by atoms with Gasteiger partial charge in [-0.1, -0.05) is 61.6 Å². The minimum Gasteiger partial charge on any atom is -0.310 e. The molecule has 1 aromatic heterocycles. The molecule has 29 heavy (non-hydrogen) atoms. The summed E-state index contributed by atoms with van der Waals surface area (Å²) in [7, 11) is 0. The number of nitrogens with zero attached hydrogens (tertiary/aromatic N) is 3. The number of rotatable bonds is 5. The predicted molar refractivity (Wildman–Crippen MR) is 125 cm³/mol. The van der Waals surface area contributed by atoms with Gasteiger partial charge in [0, 0.05) is 18.1 Å². The van der Waals surface area contributed by atoms with E-state index < -0.39 is 0 Å². The van der Waals surface area contributed by atoms with Crippen LogP contribution in [0.3, 0.4) is 0 Å². The molecule has 153 valence electrons. The lowest BCUT2D eigenvalue weighted by molar-refractivity contribution is 0.591. The van der Waals surface area contributed by atoms with Crippen molar-refractivity contribution >= 4 is 57.5 Å². The Kier molecular flexibility index (Phi) is 6.02. The standard InChI is InChI=1S/C23H25Cl3N3/c1-4-15(12-14(2)3)17-7-8-18(25)21-22(17)29-11-5-10-28(23(29)27-21)20-9-6-16(24)13-19(20)26/h6-9,13,15H,4-5,10-12H2,1-3H3. The Morgan fingerprint density at radius 1 is 1.07 bits per heavy atom. The summed E-state index contributed by atoms with van der Waals surface area (Å²) in [6.07, 6.45) is 3.16. The van der Waals surface area contributed by atoms with Gasteiger partial charge in [0.25, 0.3) is 0 Å². The maximum Gasteiger partial charge on any atom is 0.211 e. The minimum absolute atomic E-state index is 0.454. The van der Waals surface area contributed by atoms with Crippen LogP contribution in [0, 0.1) is 5.92 Å². The molecule has 0 spiro atoms. The third-order valence-electron chi connectivity index (χ3n) is 5.65. The van der Waals surface area contributed by atoms with Gasteiger partial charge in [-0.2, -0.15) is 0 Å². The van der Waals surface area contributed by atoms with Crippen LogP contribution < -0.4 is 4.90 Å². The number of aromatic nitrogens is 2. The molecule has 3 nitrogen and oxygen atoms in total. The Bertz CT molecular complexity index is 1040. The van der Waals surface area contributed by atoms with Crippen LogP contribution in [-0.2, 0) is 6.54 Å². The van der Waals surface area contributed by atoms with E-state index >= 15 is 0 Å². The van der Waals surface area contributed by atoms with Crippen LogP contribution in [0.2, 0.25) is 15.1 Å². The molecule has 0 N–H and O–H groups in total. The highest BCUT2D eigenvalue weighted by atomic mass is 35.5.